The van der Waals surface area contributed by atoms with Crippen LogP contribution in [-0.2, 0) is 6.61 Å². The smallest absolute Gasteiger partial charge is 0.269 e. The lowest BCUT2D eigenvalue weighted by atomic mass is 10.1. The van der Waals surface area contributed by atoms with Gasteiger partial charge in [-0.3, -0.25) is 10.1 Å². The minimum atomic E-state index is -0.426. The third kappa shape index (κ3) is 4.14. The van der Waals surface area contributed by atoms with Crippen LogP contribution in [-0.4, -0.2) is 15.1 Å². The van der Waals surface area contributed by atoms with Crippen LogP contribution in [0.2, 0.25) is 0 Å². The van der Waals surface area contributed by atoms with Gasteiger partial charge >= 0.3 is 0 Å². The lowest BCUT2D eigenvalue weighted by Gasteiger charge is -2.07. The second-order valence-electron chi connectivity index (χ2n) is 6.48. The number of rotatable bonds is 6. The first-order chi connectivity index (χ1) is 14.1. The average molecular weight is 387 g/mol. The molecule has 0 saturated carbocycles. The fourth-order valence-corrected chi connectivity index (χ4v) is 2.87. The number of aromatic nitrogens is 2. The Morgan fingerprint density at radius 2 is 1.83 bits per heavy atom. The van der Waals surface area contributed by atoms with Crippen molar-refractivity contribution in [3.8, 4) is 28.6 Å². The SMILES string of the molecule is Cc1ccccc1-c1nc(-c2cccc(OCc3ccc([N+](=O)[O-])cc3)c2)no1. The quantitative estimate of drug-likeness (QED) is 0.334. The molecule has 1 heterocycles. The molecule has 0 amide bonds. The van der Waals surface area contributed by atoms with Crippen LogP contribution in [0.25, 0.3) is 22.8 Å². The Balaban J connectivity index is 1.49. The molecule has 0 unspecified atom stereocenters. The number of ether oxygens (including phenoxy) is 1. The molecule has 0 aliphatic rings. The van der Waals surface area contributed by atoms with Gasteiger partial charge < -0.3 is 9.26 Å². The number of hydrogen-bond acceptors (Lipinski definition) is 6. The number of aryl methyl sites for hydroxylation is 1. The fraction of sp³-hybridized carbons (Fsp3) is 0.0909. The Bertz CT molecular complexity index is 1150. The summed E-state index contributed by atoms with van der Waals surface area (Å²) in [5.41, 5.74) is 3.62. The van der Waals surface area contributed by atoms with Crippen molar-refractivity contribution in [1.29, 1.82) is 0 Å². The standard InChI is InChI=1S/C22H17N3O4/c1-15-5-2-3-8-20(15)22-23-21(24-29-22)17-6-4-7-19(13-17)28-14-16-9-11-18(12-10-16)25(26)27/h2-13H,14H2,1H3. The zero-order chi connectivity index (χ0) is 20.2. The lowest BCUT2D eigenvalue weighted by molar-refractivity contribution is -0.384. The van der Waals surface area contributed by atoms with E-state index < -0.39 is 4.92 Å². The predicted molar refractivity (Wildman–Crippen MR) is 107 cm³/mol. The van der Waals surface area contributed by atoms with Crippen LogP contribution in [0.3, 0.4) is 0 Å². The van der Waals surface area contributed by atoms with E-state index in [2.05, 4.69) is 10.1 Å². The Kier molecular flexibility index (Phi) is 5.03. The summed E-state index contributed by atoms with van der Waals surface area (Å²) in [7, 11) is 0. The summed E-state index contributed by atoms with van der Waals surface area (Å²) in [6.45, 7) is 2.29. The van der Waals surface area contributed by atoms with Gasteiger partial charge in [-0.05, 0) is 48.4 Å². The molecule has 7 heteroatoms. The van der Waals surface area contributed by atoms with Gasteiger partial charge in [0.25, 0.3) is 11.6 Å². The van der Waals surface area contributed by atoms with Gasteiger partial charge in [0.2, 0.25) is 5.82 Å². The van der Waals surface area contributed by atoms with E-state index in [1.54, 1.807) is 12.1 Å². The third-order valence-corrected chi connectivity index (χ3v) is 4.45. The molecule has 4 aromatic rings. The van der Waals surface area contributed by atoms with E-state index >= 15 is 0 Å². The van der Waals surface area contributed by atoms with E-state index in [4.69, 9.17) is 9.26 Å². The molecule has 4 rings (SSSR count). The van der Waals surface area contributed by atoms with E-state index in [0.717, 1.165) is 22.3 Å². The van der Waals surface area contributed by atoms with Gasteiger partial charge in [0.1, 0.15) is 12.4 Å². The van der Waals surface area contributed by atoms with Crippen LogP contribution in [0, 0.1) is 17.0 Å². The zero-order valence-electron chi connectivity index (χ0n) is 15.6. The summed E-state index contributed by atoms with van der Waals surface area (Å²) in [6.07, 6.45) is 0. The average Bonchev–Trinajstić information content (AvgIpc) is 3.23. The molecule has 1 aromatic heterocycles. The maximum Gasteiger partial charge on any atom is 0.269 e. The monoisotopic (exact) mass is 387 g/mol. The molecular formula is C22H17N3O4. The van der Waals surface area contributed by atoms with Gasteiger partial charge in [-0.2, -0.15) is 4.98 Å². The normalized spacial score (nSPS) is 10.7. The molecule has 0 N–H and O–H groups in total. The molecule has 3 aromatic carbocycles. The molecule has 0 atom stereocenters. The first kappa shape index (κ1) is 18.4. The van der Waals surface area contributed by atoms with Gasteiger partial charge in [-0.1, -0.05) is 35.5 Å². The van der Waals surface area contributed by atoms with Crippen molar-refractivity contribution in [2.24, 2.45) is 0 Å². The number of benzene rings is 3. The summed E-state index contributed by atoms with van der Waals surface area (Å²) < 4.78 is 11.2. The van der Waals surface area contributed by atoms with Crippen LogP contribution in [0.5, 0.6) is 5.75 Å². The Morgan fingerprint density at radius 3 is 2.59 bits per heavy atom. The fourth-order valence-electron chi connectivity index (χ4n) is 2.87. The predicted octanol–water partition coefficient (Wildman–Crippen LogP) is 5.20. The van der Waals surface area contributed by atoms with Crippen molar-refractivity contribution in [2.45, 2.75) is 13.5 Å². The van der Waals surface area contributed by atoms with Crippen molar-refractivity contribution in [3.05, 3.63) is 94.0 Å². The highest BCUT2D eigenvalue weighted by atomic mass is 16.6. The number of nitro benzene ring substituents is 1. The van der Waals surface area contributed by atoms with Crippen LogP contribution in [0.15, 0.2) is 77.3 Å². The zero-order valence-corrected chi connectivity index (χ0v) is 15.6. The second-order valence-corrected chi connectivity index (χ2v) is 6.48. The maximum atomic E-state index is 10.7. The van der Waals surface area contributed by atoms with Crippen molar-refractivity contribution in [1.82, 2.24) is 10.1 Å². The van der Waals surface area contributed by atoms with Gasteiger partial charge in [-0.15, -0.1) is 0 Å². The van der Waals surface area contributed by atoms with E-state index in [9.17, 15) is 10.1 Å². The molecule has 0 spiro atoms. The lowest BCUT2D eigenvalue weighted by Crippen LogP contribution is -1.96. The highest BCUT2D eigenvalue weighted by Gasteiger charge is 2.13. The Hall–Kier alpha value is -4.00. The minimum Gasteiger partial charge on any atom is -0.489 e. The van der Waals surface area contributed by atoms with Gasteiger partial charge in [-0.25, -0.2) is 0 Å². The van der Waals surface area contributed by atoms with E-state index in [0.29, 0.717) is 24.1 Å². The minimum absolute atomic E-state index is 0.0531. The molecule has 0 radical (unpaired) electrons. The Morgan fingerprint density at radius 1 is 1.03 bits per heavy atom. The molecule has 0 saturated heterocycles. The molecule has 0 aliphatic heterocycles. The van der Waals surface area contributed by atoms with E-state index in [-0.39, 0.29) is 5.69 Å². The molecule has 0 bridgehead atoms. The largest absolute Gasteiger partial charge is 0.489 e. The maximum absolute atomic E-state index is 10.7. The summed E-state index contributed by atoms with van der Waals surface area (Å²) >= 11 is 0. The molecular weight excluding hydrogens is 370 g/mol. The summed E-state index contributed by atoms with van der Waals surface area (Å²) in [6, 6.07) is 21.5. The van der Waals surface area contributed by atoms with Crippen molar-refractivity contribution >= 4 is 5.69 Å². The first-order valence-electron chi connectivity index (χ1n) is 8.96. The molecule has 0 fully saturated rings. The summed E-state index contributed by atoms with van der Waals surface area (Å²) in [4.78, 5) is 14.8. The van der Waals surface area contributed by atoms with Crippen LogP contribution in [0.4, 0.5) is 5.69 Å². The van der Waals surface area contributed by atoms with E-state index in [1.165, 1.54) is 12.1 Å². The first-order valence-corrected chi connectivity index (χ1v) is 8.96. The third-order valence-electron chi connectivity index (χ3n) is 4.45. The van der Waals surface area contributed by atoms with Crippen LogP contribution in [0.1, 0.15) is 11.1 Å². The number of nitrogens with zero attached hydrogens (tertiary/aromatic N) is 3. The van der Waals surface area contributed by atoms with Gasteiger partial charge in [0.05, 0.1) is 4.92 Å². The number of non-ortho nitro benzene ring substituents is 1. The highest BCUT2D eigenvalue weighted by molar-refractivity contribution is 5.63. The van der Waals surface area contributed by atoms with Gasteiger partial charge in [0.15, 0.2) is 0 Å². The topological polar surface area (TPSA) is 91.3 Å². The summed E-state index contributed by atoms with van der Waals surface area (Å²) in [5.74, 6) is 1.59. The molecule has 144 valence electrons. The number of nitro groups is 1. The molecule has 29 heavy (non-hydrogen) atoms. The molecule has 0 aliphatic carbocycles. The summed E-state index contributed by atoms with van der Waals surface area (Å²) in [5, 5.41) is 14.8. The van der Waals surface area contributed by atoms with Crippen LogP contribution < -0.4 is 4.74 Å². The molecule has 7 nitrogen and oxygen atoms in total. The van der Waals surface area contributed by atoms with Gasteiger partial charge in [0, 0.05) is 23.3 Å². The number of hydrogen-bond donors (Lipinski definition) is 0. The highest BCUT2D eigenvalue weighted by Crippen LogP contribution is 2.27. The second kappa shape index (κ2) is 7.93. The van der Waals surface area contributed by atoms with Crippen molar-refractivity contribution in [3.63, 3.8) is 0 Å². The Labute approximate surface area is 166 Å². The van der Waals surface area contributed by atoms with E-state index in [1.807, 2.05) is 55.5 Å². The van der Waals surface area contributed by atoms with Crippen molar-refractivity contribution in [2.75, 3.05) is 0 Å². The van der Waals surface area contributed by atoms with Crippen LogP contribution >= 0.6 is 0 Å². The van der Waals surface area contributed by atoms with Crippen molar-refractivity contribution < 1.29 is 14.2 Å².